The maximum atomic E-state index is 2.47. The van der Waals surface area contributed by atoms with Gasteiger partial charge in [-0.2, -0.15) is 0 Å². The van der Waals surface area contributed by atoms with Gasteiger partial charge in [0.15, 0.2) is 0 Å². The highest BCUT2D eigenvalue weighted by atomic mass is 15.1. The van der Waals surface area contributed by atoms with E-state index in [0.717, 1.165) is 33.9 Å². The molecule has 0 unspecified atom stereocenters. The fraction of sp³-hybridized carbons (Fsp3) is 0.0154. The number of para-hydroxylation sites is 1. The van der Waals surface area contributed by atoms with Crippen LogP contribution < -0.4 is 4.90 Å². The number of anilines is 3. The standard InChI is InChI=1S/C65H44N2/c1-4-18-45(19-5-1)46-34-37-52(38-35-46)66(62-33-17-21-47-20-10-11-28-55(47)62)53-27-16-22-48(42-53)49-36-40-58-57-30-13-15-32-63(57)67(64(58)43-49)54-39-41-61-59(44-54)56-29-12-14-31-60(56)65(61,50-23-6-2-7-24-50)51-25-8-3-9-26-51/h1-44H. The summed E-state index contributed by atoms with van der Waals surface area (Å²) in [5.74, 6) is 0. The molecule has 314 valence electrons. The Hall–Kier alpha value is -8.72. The van der Waals surface area contributed by atoms with Crippen molar-refractivity contribution < 1.29 is 0 Å². The molecule has 0 amide bonds. The van der Waals surface area contributed by atoms with Crippen LogP contribution in [0.4, 0.5) is 17.1 Å². The van der Waals surface area contributed by atoms with Crippen LogP contribution in [0.5, 0.6) is 0 Å². The molecular weight excluding hydrogens is 809 g/mol. The first-order chi connectivity index (χ1) is 33.2. The molecule has 2 nitrogen and oxygen atoms in total. The summed E-state index contributed by atoms with van der Waals surface area (Å²) in [6, 6.07) is 98.0. The monoisotopic (exact) mass is 852 g/mol. The number of hydrogen-bond acceptors (Lipinski definition) is 1. The predicted octanol–water partition coefficient (Wildman–Crippen LogP) is 17.1. The van der Waals surface area contributed by atoms with E-state index in [0.29, 0.717) is 0 Å². The molecular formula is C65H44N2. The molecule has 12 aromatic rings. The average molecular weight is 853 g/mol. The Morgan fingerprint density at radius 3 is 1.67 bits per heavy atom. The van der Waals surface area contributed by atoms with Gasteiger partial charge < -0.3 is 9.47 Å². The van der Waals surface area contributed by atoms with E-state index < -0.39 is 5.41 Å². The molecule has 11 aromatic carbocycles. The van der Waals surface area contributed by atoms with Gasteiger partial charge >= 0.3 is 0 Å². The minimum absolute atomic E-state index is 0.449. The molecule has 0 spiro atoms. The van der Waals surface area contributed by atoms with Crippen LogP contribution in [0.1, 0.15) is 22.3 Å². The molecule has 2 heteroatoms. The molecule has 1 aromatic heterocycles. The molecule has 67 heavy (non-hydrogen) atoms. The van der Waals surface area contributed by atoms with Crippen molar-refractivity contribution >= 4 is 49.6 Å². The molecule has 0 bridgehead atoms. The average Bonchev–Trinajstić information content (AvgIpc) is 3.90. The summed E-state index contributed by atoms with van der Waals surface area (Å²) in [6.07, 6.45) is 0. The van der Waals surface area contributed by atoms with Gasteiger partial charge in [0, 0.05) is 33.2 Å². The van der Waals surface area contributed by atoms with Gasteiger partial charge in [-0.1, -0.05) is 212 Å². The highest BCUT2D eigenvalue weighted by Gasteiger charge is 2.46. The summed E-state index contributed by atoms with van der Waals surface area (Å²) in [4.78, 5) is 2.41. The Labute approximate surface area is 390 Å². The van der Waals surface area contributed by atoms with Crippen molar-refractivity contribution in [1.82, 2.24) is 4.57 Å². The lowest BCUT2D eigenvalue weighted by atomic mass is 9.68. The van der Waals surface area contributed by atoms with Crippen molar-refractivity contribution in [3.63, 3.8) is 0 Å². The maximum absolute atomic E-state index is 2.47. The Bertz CT molecular complexity index is 3750. The molecule has 0 aliphatic heterocycles. The van der Waals surface area contributed by atoms with Crippen LogP contribution in [0, 0.1) is 0 Å². The second kappa shape index (κ2) is 15.8. The molecule has 0 saturated carbocycles. The van der Waals surface area contributed by atoms with Crippen LogP contribution in [0.15, 0.2) is 267 Å². The van der Waals surface area contributed by atoms with Gasteiger partial charge in [0.05, 0.1) is 22.1 Å². The largest absolute Gasteiger partial charge is 0.310 e. The molecule has 1 aliphatic rings. The first-order valence-corrected chi connectivity index (χ1v) is 23.2. The lowest BCUT2D eigenvalue weighted by Gasteiger charge is -2.33. The fourth-order valence-electron chi connectivity index (χ4n) is 11.1. The third kappa shape index (κ3) is 6.18. The number of benzene rings is 11. The van der Waals surface area contributed by atoms with E-state index in [1.165, 1.54) is 77.1 Å². The van der Waals surface area contributed by atoms with Crippen LogP contribution >= 0.6 is 0 Å². The number of fused-ring (bicyclic) bond motifs is 7. The van der Waals surface area contributed by atoms with Gasteiger partial charge in [0.25, 0.3) is 0 Å². The molecule has 0 saturated heterocycles. The van der Waals surface area contributed by atoms with Crippen molar-refractivity contribution in [1.29, 1.82) is 0 Å². The Morgan fingerprint density at radius 2 is 0.881 bits per heavy atom. The number of nitrogens with zero attached hydrogens (tertiary/aromatic N) is 2. The Morgan fingerprint density at radius 1 is 0.313 bits per heavy atom. The number of hydrogen-bond donors (Lipinski definition) is 0. The van der Waals surface area contributed by atoms with E-state index in [1.807, 2.05) is 0 Å². The highest BCUT2D eigenvalue weighted by Crippen LogP contribution is 2.56. The summed E-state index contributed by atoms with van der Waals surface area (Å²) >= 11 is 0. The molecule has 0 atom stereocenters. The van der Waals surface area contributed by atoms with E-state index in [4.69, 9.17) is 0 Å². The van der Waals surface area contributed by atoms with Crippen molar-refractivity contribution in [3.05, 3.63) is 289 Å². The molecule has 1 aliphatic carbocycles. The fourth-order valence-corrected chi connectivity index (χ4v) is 11.1. The van der Waals surface area contributed by atoms with Crippen LogP contribution in [0.3, 0.4) is 0 Å². The van der Waals surface area contributed by atoms with Crippen LogP contribution in [0.2, 0.25) is 0 Å². The Balaban J connectivity index is 0.972. The van der Waals surface area contributed by atoms with E-state index in [1.54, 1.807) is 0 Å². The second-order valence-corrected chi connectivity index (χ2v) is 17.6. The smallest absolute Gasteiger partial charge is 0.0713 e. The number of aromatic nitrogens is 1. The zero-order chi connectivity index (χ0) is 44.3. The van der Waals surface area contributed by atoms with Gasteiger partial charge in [-0.05, 0) is 116 Å². The normalized spacial score (nSPS) is 12.6. The quantitative estimate of drug-likeness (QED) is 0.148. The van der Waals surface area contributed by atoms with Gasteiger partial charge in [0.2, 0.25) is 0 Å². The molecule has 13 rings (SSSR count). The summed E-state index contributed by atoms with van der Waals surface area (Å²) < 4.78 is 2.47. The van der Waals surface area contributed by atoms with E-state index >= 15 is 0 Å². The summed E-state index contributed by atoms with van der Waals surface area (Å²) in [7, 11) is 0. The minimum atomic E-state index is -0.449. The number of rotatable bonds is 8. The van der Waals surface area contributed by atoms with Crippen molar-refractivity contribution in [2.75, 3.05) is 4.90 Å². The molecule has 0 radical (unpaired) electrons. The third-order valence-corrected chi connectivity index (χ3v) is 14.1. The van der Waals surface area contributed by atoms with Crippen molar-refractivity contribution in [2.45, 2.75) is 5.41 Å². The topological polar surface area (TPSA) is 8.17 Å². The van der Waals surface area contributed by atoms with E-state index in [2.05, 4.69) is 276 Å². The summed E-state index contributed by atoms with van der Waals surface area (Å²) in [5, 5.41) is 4.88. The first kappa shape index (κ1) is 38.7. The summed E-state index contributed by atoms with van der Waals surface area (Å²) in [6.45, 7) is 0. The lowest BCUT2D eigenvalue weighted by molar-refractivity contribution is 0.768. The lowest BCUT2D eigenvalue weighted by Crippen LogP contribution is -2.28. The predicted molar refractivity (Wildman–Crippen MR) is 281 cm³/mol. The van der Waals surface area contributed by atoms with Gasteiger partial charge in [-0.3, -0.25) is 0 Å². The molecule has 0 N–H and O–H groups in total. The Kier molecular flexibility index (Phi) is 9.11. The third-order valence-electron chi connectivity index (χ3n) is 14.1. The van der Waals surface area contributed by atoms with Crippen LogP contribution in [0.25, 0.3) is 71.6 Å². The van der Waals surface area contributed by atoms with Gasteiger partial charge in [-0.15, -0.1) is 0 Å². The first-order valence-electron chi connectivity index (χ1n) is 23.2. The van der Waals surface area contributed by atoms with Crippen molar-refractivity contribution in [2.24, 2.45) is 0 Å². The van der Waals surface area contributed by atoms with Gasteiger partial charge in [-0.25, -0.2) is 0 Å². The van der Waals surface area contributed by atoms with Gasteiger partial charge in [0.1, 0.15) is 0 Å². The van der Waals surface area contributed by atoms with Crippen molar-refractivity contribution in [3.8, 4) is 39.1 Å². The maximum Gasteiger partial charge on any atom is 0.0713 e. The zero-order valence-electron chi connectivity index (χ0n) is 36.8. The van der Waals surface area contributed by atoms with E-state index in [9.17, 15) is 0 Å². The molecule has 1 heterocycles. The van der Waals surface area contributed by atoms with E-state index in [-0.39, 0.29) is 0 Å². The molecule has 0 fully saturated rings. The second-order valence-electron chi connectivity index (χ2n) is 17.6. The van der Waals surface area contributed by atoms with Crippen LogP contribution in [-0.4, -0.2) is 4.57 Å². The highest BCUT2D eigenvalue weighted by molar-refractivity contribution is 6.10. The minimum Gasteiger partial charge on any atom is -0.310 e. The summed E-state index contributed by atoms with van der Waals surface area (Å²) in [5.41, 5.74) is 18.8. The SMILES string of the molecule is c1ccc(-c2ccc(N(c3cccc(-c4ccc5c6ccccc6n(-c6ccc7c(c6)-c6ccccc6C7(c6ccccc6)c6ccccc6)c5c4)c3)c3cccc4ccccc34)cc2)cc1. The van der Waals surface area contributed by atoms with Crippen LogP contribution in [-0.2, 0) is 5.41 Å². The zero-order valence-corrected chi connectivity index (χ0v) is 36.8.